The second-order valence-electron chi connectivity index (χ2n) is 6.67. The number of aromatic hydroxyl groups is 1. The molecular formula is C23H22N4O2. The van der Waals surface area contributed by atoms with Gasteiger partial charge in [0.1, 0.15) is 5.75 Å². The largest absolute Gasteiger partial charge is 0.507 e. The van der Waals surface area contributed by atoms with Crippen molar-refractivity contribution in [2.75, 3.05) is 0 Å². The van der Waals surface area contributed by atoms with Crippen molar-refractivity contribution in [2.45, 2.75) is 20.3 Å². The summed E-state index contributed by atoms with van der Waals surface area (Å²) in [6.07, 6.45) is 1.61. The van der Waals surface area contributed by atoms with Gasteiger partial charge in [-0.2, -0.15) is 15.3 Å². The van der Waals surface area contributed by atoms with E-state index < -0.39 is 0 Å². The van der Waals surface area contributed by atoms with Gasteiger partial charge in [0, 0.05) is 5.56 Å². The molecule has 1 amide bonds. The van der Waals surface area contributed by atoms with Gasteiger partial charge in [-0.3, -0.25) is 4.79 Å². The first-order chi connectivity index (χ1) is 14.0. The van der Waals surface area contributed by atoms with Gasteiger partial charge in [0.2, 0.25) is 5.91 Å². The van der Waals surface area contributed by atoms with Crippen molar-refractivity contribution in [3.8, 4) is 5.75 Å². The van der Waals surface area contributed by atoms with Crippen LogP contribution in [0.4, 0.5) is 11.4 Å². The molecule has 3 rings (SSSR count). The smallest absolute Gasteiger partial charge is 0.244 e. The van der Waals surface area contributed by atoms with Crippen LogP contribution in [0.3, 0.4) is 0 Å². The van der Waals surface area contributed by atoms with Gasteiger partial charge in [0.15, 0.2) is 0 Å². The monoisotopic (exact) mass is 386 g/mol. The van der Waals surface area contributed by atoms with E-state index in [1.807, 2.05) is 62.4 Å². The molecule has 0 aromatic heterocycles. The first-order valence-corrected chi connectivity index (χ1v) is 9.19. The number of hydrazone groups is 1. The third-order valence-electron chi connectivity index (χ3n) is 4.38. The highest BCUT2D eigenvalue weighted by Crippen LogP contribution is 2.25. The van der Waals surface area contributed by atoms with Crippen LogP contribution in [0.5, 0.6) is 5.75 Å². The number of carbonyl (C=O) groups excluding carboxylic acids is 1. The Balaban J connectivity index is 1.65. The molecule has 29 heavy (non-hydrogen) atoms. The first-order valence-electron chi connectivity index (χ1n) is 9.19. The van der Waals surface area contributed by atoms with Gasteiger partial charge >= 0.3 is 0 Å². The summed E-state index contributed by atoms with van der Waals surface area (Å²) in [4.78, 5) is 11.9. The number of nitrogens with one attached hydrogen (secondary N) is 1. The summed E-state index contributed by atoms with van der Waals surface area (Å²) in [7, 11) is 0. The number of nitrogens with zero attached hydrogens (tertiary/aromatic N) is 3. The minimum Gasteiger partial charge on any atom is -0.507 e. The van der Waals surface area contributed by atoms with Crippen LogP contribution in [0, 0.1) is 13.8 Å². The molecule has 0 aliphatic rings. The van der Waals surface area contributed by atoms with Crippen molar-refractivity contribution < 1.29 is 9.90 Å². The Morgan fingerprint density at radius 1 is 0.931 bits per heavy atom. The number of amides is 1. The van der Waals surface area contributed by atoms with Gasteiger partial charge in [-0.1, -0.05) is 36.4 Å². The number of phenols is 1. The number of aryl methyl sites for hydroxylation is 2. The van der Waals surface area contributed by atoms with E-state index in [1.165, 1.54) is 17.8 Å². The Hall–Kier alpha value is -3.80. The Morgan fingerprint density at radius 2 is 1.62 bits per heavy atom. The van der Waals surface area contributed by atoms with E-state index in [1.54, 1.807) is 12.1 Å². The zero-order valence-electron chi connectivity index (χ0n) is 16.3. The number of hydrogen-bond acceptors (Lipinski definition) is 5. The maximum absolute atomic E-state index is 11.9. The van der Waals surface area contributed by atoms with Crippen molar-refractivity contribution >= 4 is 23.5 Å². The number of carbonyl (C=O) groups is 1. The zero-order valence-corrected chi connectivity index (χ0v) is 16.3. The zero-order chi connectivity index (χ0) is 20.6. The summed E-state index contributed by atoms with van der Waals surface area (Å²) < 4.78 is 0. The lowest BCUT2D eigenvalue weighted by molar-refractivity contribution is -0.120. The summed E-state index contributed by atoms with van der Waals surface area (Å²) in [5.41, 5.74) is 7.46. The lowest BCUT2D eigenvalue weighted by Gasteiger charge is -2.02. The SMILES string of the molecule is Cc1ccc(N=Nc2ccc(O)c(C=NNC(=O)Cc3ccccc3)c2)cc1C. The van der Waals surface area contributed by atoms with Crippen molar-refractivity contribution in [1.29, 1.82) is 0 Å². The standard InChI is InChI=1S/C23H22N4O2/c1-16-8-9-20(12-17(16)2)25-26-21-10-11-22(28)19(14-21)15-24-27-23(29)13-18-6-4-3-5-7-18/h3-12,14-15,28H,13H2,1-2H3,(H,27,29). The summed E-state index contributed by atoms with van der Waals surface area (Å²) in [6, 6.07) is 20.1. The van der Waals surface area contributed by atoms with Gasteiger partial charge in [0.05, 0.1) is 24.0 Å². The number of rotatable bonds is 6. The lowest BCUT2D eigenvalue weighted by atomic mass is 10.1. The molecule has 0 aliphatic heterocycles. The topological polar surface area (TPSA) is 86.4 Å². The molecule has 0 saturated heterocycles. The Bertz CT molecular complexity index is 1060. The summed E-state index contributed by atoms with van der Waals surface area (Å²) in [5.74, 6) is -0.200. The molecule has 0 bridgehead atoms. The van der Waals surface area contributed by atoms with Gasteiger partial charge in [0.25, 0.3) is 0 Å². The Kier molecular flexibility index (Phi) is 6.47. The van der Waals surface area contributed by atoms with Crippen molar-refractivity contribution in [3.63, 3.8) is 0 Å². The lowest BCUT2D eigenvalue weighted by Crippen LogP contribution is -2.19. The van der Waals surface area contributed by atoms with Crippen molar-refractivity contribution in [3.05, 3.63) is 89.0 Å². The minimum atomic E-state index is -0.238. The second kappa shape index (κ2) is 9.41. The van der Waals surface area contributed by atoms with Crippen LogP contribution in [0.2, 0.25) is 0 Å². The average molecular weight is 386 g/mol. The molecule has 0 saturated carbocycles. The number of phenolic OH excluding ortho intramolecular Hbond substituents is 1. The molecule has 0 unspecified atom stereocenters. The quantitative estimate of drug-likeness (QED) is 0.350. The van der Waals surface area contributed by atoms with E-state index in [-0.39, 0.29) is 18.1 Å². The van der Waals surface area contributed by atoms with Gasteiger partial charge in [-0.05, 0) is 60.9 Å². The molecule has 0 fully saturated rings. The van der Waals surface area contributed by atoms with E-state index in [0.29, 0.717) is 11.3 Å². The third-order valence-corrected chi connectivity index (χ3v) is 4.38. The highest BCUT2D eigenvalue weighted by Gasteiger charge is 2.03. The van der Waals surface area contributed by atoms with E-state index in [9.17, 15) is 9.90 Å². The van der Waals surface area contributed by atoms with Crippen molar-refractivity contribution in [1.82, 2.24) is 5.43 Å². The Morgan fingerprint density at radius 3 is 2.34 bits per heavy atom. The van der Waals surface area contributed by atoms with Gasteiger partial charge < -0.3 is 5.11 Å². The molecule has 0 radical (unpaired) electrons. The normalized spacial score (nSPS) is 11.2. The summed E-state index contributed by atoms with van der Waals surface area (Å²) in [6.45, 7) is 4.07. The van der Waals surface area contributed by atoms with Crippen LogP contribution < -0.4 is 5.43 Å². The van der Waals surface area contributed by atoms with Gasteiger partial charge in [-0.25, -0.2) is 5.43 Å². The number of benzene rings is 3. The van der Waals surface area contributed by atoms with E-state index >= 15 is 0 Å². The highest BCUT2D eigenvalue weighted by molar-refractivity contribution is 5.86. The van der Waals surface area contributed by atoms with E-state index in [2.05, 4.69) is 20.8 Å². The molecule has 146 valence electrons. The molecule has 6 heteroatoms. The molecule has 0 aliphatic carbocycles. The molecule has 0 heterocycles. The average Bonchev–Trinajstić information content (AvgIpc) is 2.71. The predicted octanol–water partition coefficient (Wildman–Crippen LogP) is 5.12. The maximum Gasteiger partial charge on any atom is 0.244 e. The predicted molar refractivity (Wildman–Crippen MR) is 114 cm³/mol. The van der Waals surface area contributed by atoms with Crippen LogP contribution in [0.25, 0.3) is 0 Å². The molecule has 3 aromatic carbocycles. The number of hydrogen-bond donors (Lipinski definition) is 2. The van der Waals surface area contributed by atoms with Crippen LogP contribution in [0.15, 0.2) is 82.1 Å². The van der Waals surface area contributed by atoms with E-state index in [4.69, 9.17) is 0 Å². The second-order valence-corrected chi connectivity index (χ2v) is 6.67. The van der Waals surface area contributed by atoms with E-state index in [0.717, 1.165) is 16.8 Å². The van der Waals surface area contributed by atoms with Crippen LogP contribution in [-0.4, -0.2) is 17.2 Å². The van der Waals surface area contributed by atoms with Crippen LogP contribution in [0.1, 0.15) is 22.3 Å². The minimum absolute atomic E-state index is 0.0381. The summed E-state index contributed by atoms with van der Waals surface area (Å²) in [5, 5.41) is 22.4. The Labute approximate surface area is 169 Å². The fraction of sp³-hybridized carbons (Fsp3) is 0.130. The number of azo groups is 1. The highest BCUT2D eigenvalue weighted by atomic mass is 16.3. The molecule has 3 aromatic rings. The van der Waals surface area contributed by atoms with Gasteiger partial charge in [-0.15, -0.1) is 0 Å². The molecular weight excluding hydrogens is 364 g/mol. The van der Waals surface area contributed by atoms with Crippen LogP contribution in [-0.2, 0) is 11.2 Å². The third kappa shape index (κ3) is 5.84. The molecule has 0 atom stereocenters. The molecule has 6 nitrogen and oxygen atoms in total. The fourth-order valence-electron chi connectivity index (χ4n) is 2.61. The summed E-state index contributed by atoms with van der Waals surface area (Å²) >= 11 is 0. The first kappa shape index (κ1) is 19.9. The molecule has 0 spiro atoms. The maximum atomic E-state index is 11.9. The van der Waals surface area contributed by atoms with Crippen molar-refractivity contribution in [2.24, 2.45) is 15.3 Å². The molecule has 2 N–H and O–H groups in total. The van der Waals surface area contributed by atoms with Crippen LogP contribution >= 0.6 is 0 Å². The fourth-order valence-corrected chi connectivity index (χ4v) is 2.61.